The van der Waals surface area contributed by atoms with E-state index in [1.165, 1.54) is 17.1 Å². The second-order valence-corrected chi connectivity index (χ2v) is 12.9. The summed E-state index contributed by atoms with van der Waals surface area (Å²) < 4.78 is 76.9. The largest absolute Gasteiger partial charge is 0.472 e. The number of anilines is 2. The van der Waals surface area contributed by atoms with Crippen molar-refractivity contribution in [3.05, 3.63) is 35.3 Å². The number of phosphoric ester groups is 2. The van der Waals surface area contributed by atoms with Gasteiger partial charge < -0.3 is 30.7 Å². The molecule has 3 fully saturated rings. The Hall–Kier alpha value is -3.36. The average molecular weight is 659 g/mol. The van der Waals surface area contributed by atoms with E-state index in [-0.39, 0.29) is 23.5 Å². The minimum Gasteiger partial charge on any atom is -0.397 e. The summed E-state index contributed by atoms with van der Waals surface area (Å²) in [4.78, 5) is 52.1. The number of hydrogen-bond acceptors (Lipinski definition) is 15. The third-order valence-electron chi connectivity index (χ3n) is 7.30. The molecule has 3 aliphatic heterocycles. The number of aromatic nitrogens is 7. The molecule has 3 unspecified atom stereocenters. The molecule has 0 amide bonds. The molecular weight excluding hydrogens is 635 g/mol. The summed E-state index contributed by atoms with van der Waals surface area (Å²) >= 11 is 0. The Morgan fingerprint density at radius 2 is 1.64 bits per heavy atom. The lowest BCUT2D eigenvalue weighted by atomic mass is 10.1. The highest BCUT2D eigenvalue weighted by Crippen LogP contribution is 2.54. The zero-order chi connectivity index (χ0) is 31.0. The Morgan fingerprint density at radius 1 is 0.932 bits per heavy atom. The molecule has 2 bridgehead atoms. The number of hydrogen-bond donors (Lipinski definition) is 5. The first-order valence-corrected chi connectivity index (χ1v) is 15.9. The molecule has 7 rings (SSSR count). The first-order valence-electron chi connectivity index (χ1n) is 12.9. The van der Waals surface area contributed by atoms with Gasteiger partial charge in [-0.1, -0.05) is 0 Å². The molecule has 3 saturated heterocycles. The standard InChI is InChI=1S/C21H24FN9O11P2/c22-13-11-5-38-43(33,34)41-9-3-12(30-6-26-14-8(23)1-2-25-17(14)30)39-10(9)4-37-44(35,36)42-16(13)20(40-11)31-7-27-15-18(31)28-21(24)29-19(15)32/h1-2,6-7,9-13,16,20H,3-5H2,(H2,23,25)(H,33,34)(H,35,36)(H3,24,28,29,32)/t9-,10-,11-,12-,13+,16?,20-/m1/s1. The molecular formula is C21H24FN9O11P2. The number of nitrogens with two attached hydrogens (primary N) is 2. The quantitative estimate of drug-likeness (QED) is 0.181. The molecule has 7 N–H and O–H groups in total. The van der Waals surface area contributed by atoms with Gasteiger partial charge in [0.15, 0.2) is 29.2 Å². The third-order valence-corrected chi connectivity index (χ3v) is 9.30. The van der Waals surface area contributed by atoms with Crippen molar-refractivity contribution in [3.8, 4) is 0 Å². The fraction of sp³-hybridized carbons (Fsp3) is 0.476. The summed E-state index contributed by atoms with van der Waals surface area (Å²) in [5.41, 5.74) is 11.6. The van der Waals surface area contributed by atoms with Gasteiger partial charge in [0.05, 0.1) is 31.6 Å². The molecule has 23 heteroatoms. The molecule has 9 atom stereocenters. The maximum absolute atomic E-state index is 15.7. The Kier molecular flexibility index (Phi) is 7.09. The predicted octanol–water partition coefficient (Wildman–Crippen LogP) is 0.270. The third kappa shape index (κ3) is 5.20. The number of alkyl halides is 1. The summed E-state index contributed by atoms with van der Waals surface area (Å²) in [7, 11) is -10.00. The van der Waals surface area contributed by atoms with E-state index in [0.29, 0.717) is 16.9 Å². The minimum absolute atomic E-state index is 0.0697. The second kappa shape index (κ2) is 10.6. The van der Waals surface area contributed by atoms with E-state index < -0.39 is 77.5 Å². The highest BCUT2D eigenvalue weighted by atomic mass is 31.2. The predicted molar refractivity (Wildman–Crippen MR) is 143 cm³/mol. The van der Waals surface area contributed by atoms with Crippen molar-refractivity contribution in [2.45, 2.75) is 49.5 Å². The number of H-pyrrole nitrogens is 1. The first kappa shape index (κ1) is 29.4. The number of nitrogens with zero attached hydrogens (tertiary/aromatic N) is 6. The monoisotopic (exact) mass is 659 g/mol. The minimum atomic E-state index is -5.08. The molecule has 0 saturated carbocycles. The zero-order valence-corrected chi connectivity index (χ0v) is 23.9. The van der Waals surface area contributed by atoms with Crippen molar-refractivity contribution < 1.29 is 50.9 Å². The van der Waals surface area contributed by atoms with Crippen LogP contribution in [-0.2, 0) is 36.7 Å². The average Bonchev–Trinajstić information content (AvgIpc) is 3.72. The number of imidazole rings is 2. The highest BCUT2D eigenvalue weighted by molar-refractivity contribution is 7.47. The number of nitrogens with one attached hydrogen (secondary N) is 1. The molecule has 0 radical (unpaired) electrons. The fourth-order valence-electron chi connectivity index (χ4n) is 5.31. The topological polar surface area (TPSA) is 276 Å². The van der Waals surface area contributed by atoms with Gasteiger partial charge >= 0.3 is 15.6 Å². The van der Waals surface area contributed by atoms with E-state index >= 15 is 4.39 Å². The molecule has 236 valence electrons. The SMILES string of the molecule is Nc1nc2c(ncn2[C@@H]2O[C@@H]3COP(=O)(O)O[C@@H]4C[C@H](n5cnc6c(N)ccnc65)O[C@@H]4COP(=O)(O)OC2[C@H]3F)c(=O)[nH]1. The van der Waals surface area contributed by atoms with Gasteiger partial charge in [-0.25, -0.2) is 28.5 Å². The number of pyridine rings is 1. The van der Waals surface area contributed by atoms with Crippen LogP contribution in [0.3, 0.4) is 0 Å². The van der Waals surface area contributed by atoms with E-state index in [2.05, 4.69) is 24.9 Å². The maximum atomic E-state index is 15.7. The molecule has 0 aromatic carbocycles. The second-order valence-electron chi connectivity index (χ2n) is 10.1. The fourth-order valence-corrected chi connectivity index (χ4v) is 7.20. The lowest BCUT2D eigenvalue weighted by Crippen LogP contribution is -2.32. The van der Waals surface area contributed by atoms with Crippen molar-refractivity contribution in [1.29, 1.82) is 0 Å². The van der Waals surface area contributed by atoms with Crippen LogP contribution >= 0.6 is 15.6 Å². The van der Waals surface area contributed by atoms with Crippen molar-refractivity contribution >= 4 is 49.6 Å². The van der Waals surface area contributed by atoms with E-state index in [1.54, 1.807) is 6.07 Å². The number of rotatable bonds is 2. The van der Waals surface area contributed by atoms with Crippen LogP contribution in [0.5, 0.6) is 0 Å². The molecule has 0 aliphatic carbocycles. The number of halogens is 1. The van der Waals surface area contributed by atoms with E-state index in [9.17, 15) is 23.7 Å². The van der Waals surface area contributed by atoms with Crippen molar-refractivity contribution in [1.82, 2.24) is 34.1 Å². The van der Waals surface area contributed by atoms with Gasteiger partial charge in [-0.05, 0) is 6.07 Å². The van der Waals surface area contributed by atoms with Crippen LogP contribution in [0, 0.1) is 0 Å². The summed E-state index contributed by atoms with van der Waals surface area (Å²) in [6.07, 6.45) is -6.73. The van der Waals surface area contributed by atoms with Gasteiger partial charge in [0.2, 0.25) is 5.95 Å². The Labute approximate surface area is 244 Å². The number of phosphoric acid groups is 2. The van der Waals surface area contributed by atoms with Gasteiger partial charge in [0.1, 0.15) is 36.2 Å². The summed E-state index contributed by atoms with van der Waals surface area (Å²) in [5.74, 6) is -0.291. The van der Waals surface area contributed by atoms with Gasteiger partial charge in [-0.3, -0.25) is 37.0 Å². The number of fused-ring (bicyclic) bond motifs is 5. The van der Waals surface area contributed by atoms with Crippen LogP contribution in [0.2, 0.25) is 0 Å². The highest BCUT2D eigenvalue weighted by Gasteiger charge is 2.53. The van der Waals surface area contributed by atoms with Crippen LogP contribution in [0.25, 0.3) is 22.3 Å². The van der Waals surface area contributed by atoms with Crippen molar-refractivity contribution in [2.75, 3.05) is 24.7 Å². The van der Waals surface area contributed by atoms with Crippen molar-refractivity contribution in [3.63, 3.8) is 0 Å². The van der Waals surface area contributed by atoms with Crippen LogP contribution in [0.15, 0.2) is 29.7 Å². The van der Waals surface area contributed by atoms with Gasteiger partial charge in [0, 0.05) is 12.6 Å². The van der Waals surface area contributed by atoms with E-state index in [1.807, 2.05) is 0 Å². The zero-order valence-electron chi connectivity index (χ0n) is 22.2. The normalized spacial score (nSPS) is 36.6. The molecule has 4 aromatic rings. The first-order chi connectivity index (χ1) is 20.9. The van der Waals surface area contributed by atoms with Gasteiger partial charge in [0.25, 0.3) is 5.56 Å². The lowest BCUT2D eigenvalue weighted by molar-refractivity contribution is -0.0668. The lowest BCUT2D eigenvalue weighted by Gasteiger charge is -2.25. The summed E-state index contributed by atoms with van der Waals surface area (Å²) in [5, 5.41) is 0. The molecule has 4 aromatic heterocycles. The Morgan fingerprint density at radius 3 is 2.43 bits per heavy atom. The number of aromatic amines is 1. The van der Waals surface area contributed by atoms with Gasteiger partial charge in [-0.15, -0.1) is 0 Å². The van der Waals surface area contributed by atoms with E-state index in [0.717, 1.165) is 10.9 Å². The summed E-state index contributed by atoms with van der Waals surface area (Å²) in [6.45, 7) is -1.54. The molecule has 0 spiro atoms. The van der Waals surface area contributed by atoms with Crippen LogP contribution in [-0.4, -0.2) is 87.6 Å². The maximum Gasteiger partial charge on any atom is 0.472 e. The van der Waals surface area contributed by atoms with Crippen LogP contribution in [0.1, 0.15) is 18.9 Å². The summed E-state index contributed by atoms with van der Waals surface area (Å²) in [6, 6.07) is 1.56. The number of nitrogen functional groups attached to an aromatic ring is 2. The van der Waals surface area contributed by atoms with E-state index in [4.69, 9.17) is 39.0 Å². The smallest absolute Gasteiger partial charge is 0.397 e. The molecule has 20 nitrogen and oxygen atoms in total. The Bertz CT molecular complexity index is 1900. The van der Waals surface area contributed by atoms with Crippen LogP contribution in [0.4, 0.5) is 16.0 Å². The molecule has 7 heterocycles. The van der Waals surface area contributed by atoms with Gasteiger partial charge in [-0.2, -0.15) is 4.98 Å². The van der Waals surface area contributed by atoms with Crippen LogP contribution < -0.4 is 17.0 Å². The number of ether oxygens (including phenoxy) is 2. The molecule has 3 aliphatic rings. The van der Waals surface area contributed by atoms with Crippen molar-refractivity contribution in [2.24, 2.45) is 0 Å². The molecule has 44 heavy (non-hydrogen) atoms. The Balaban J connectivity index is 1.19.